The number of aliphatic hydroxyl groups excluding tert-OH is 6. The van der Waals surface area contributed by atoms with Crippen LogP contribution in [-0.2, 0) is 64.0 Å². The minimum atomic E-state index is -2.35. The van der Waals surface area contributed by atoms with E-state index >= 15 is 0 Å². The molecule has 0 aromatic heterocycles. The van der Waals surface area contributed by atoms with Crippen LogP contribution in [0.2, 0.25) is 0 Å². The van der Waals surface area contributed by atoms with Crippen LogP contribution in [0.4, 0.5) is 0 Å². The second-order valence-corrected chi connectivity index (χ2v) is 24.5. The molecule has 5 rings (SSSR count). The van der Waals surface area contributed by atoms with E-state index in [9.17, 15) is 88.2 Å². The Morgan fingerprint density at radius 2 is 1.24 bits per heavy atom. The molecule has 4 aliphatic heterocycles. The van der Waals surface area contributed by atoms with Gasteiger partial charge in [0.25, 0.3) is 11.8 Å². The molecule has 518 valence electrons. The number of benzene rings is 1. The summed E-state index contributed by atoms with van der Waals surface area (Å²) >= 11 is 0. The van der Waals surface area contributed by atoms with Gasteiger partial charge in [-0.15, -0.1) is 0 Å². The molecular weight excluding hydrogens is 1220 g/mol. The summed E-state index contributed by atoms with van der Waals surface area (Å²) in [6.45, 7) is 7.61. The average Bonchev–Trinajstić information content (AvgIpc) is 1.76. The largest absolute Gasteiger partial charge is 0.497 e. The number of hydrogen-bond acceptors (Lipinski definition) is 19. The zero-order valence-corrected chi connectivity index (χ0v) is 54.0. The quantitative estimate of drug-likeness (QED) is 0.0617. The van der Waals surface area contributed by atoms with E-state index in [2.05, 4.69) is 42.5 Å². The molecule has 4 aliphatic rings. The van der Waals surface area contributed by atoms with Gasteiger partial charge in [0.15, 0.2) is 6.10 Å². The molecule has 4 heterocycles. The highest BCUT2D eigenvalue weighted by molar-refractivity contribution is 6.03. The Bertz CT molecular complexity index is 2840. The van der Waals surface area contributed by atoms with E-state index in [1.807, 2.05) is 0 Å². The number of nitrogens with two attached hydrogens (primary N) is 1. The molecule has 6 unspecified atom stereocenters. The van der Waals surface area contributed by atoms with Crippen LogP contribution in [0, 0.1) is 11.8 Å². The van der Waals surface area contributed by atoms with Crippen molar-refractivity contribution in [1.29, 1.82) is 0 Å². The lowest BCUT2D eigenvalue weighted by Gasteiger charge is -2.33. The highest BCUT2D eigenvalue weighted by atomic mass is 16.5. The van der Waals surface area contributed by atoms with Crippen molar-refractivity contribution in [3.8, 4) is 5.75 Å². The van der Waals surface area contributed by atoms with E-state index in [1.54, 1.807) is 52.0 Å². The summed E-state index contributed by atoms with van der Waals surface area (Å²) in [7, 11) is 1.47. The number of hydrogen-bond donors (Lipinski definition) is 15. The highest BCUT2D eigenvalue weighted by Crippen LogP contribution is 2.27. The predicted molar refractivity (Wildman–Crippen MR) is 331 cm³/mol. The van der Waals surface area contributed by atoms with E-state index < -0.39 is 212 Å². The third kappa shape index (κ3) is 20.8. The third-order valence-corrected chi connectivity index (χ3v) is 17.8. The number of aryl methyl sites for hydroxylation is 1. The summed E-state index contributed by atoms with van der Waals surface area (Å²) < 4.78 is 5.28. The number of carbonyl (C=O) groups excluding carboxylic acids is 12. The average molecular weight is 1310 g/mol. The number of nitrogens with one attached hydrogen (secondary N) is 8. The molecule has 12 amide bonds. The second-order valence-electron chi connectivity index (χ2n) is 24.5. The van der Waals surface area contributed by atoms with Gasteiger partial charge in [-0.05, 0) is 108 Å². The fraction of sp³-hybridized carbons (Fsp3) is 0.677. The number of amides is 12. The summed E-state index contributed by atoms with van der Waals surface area (Å²) in [5.41, 5.74) is 5.61. The highest BCUT2D eigenvalue weighted by Gasteiger charge is 2.45. The minimum absolute atomic E-state index is 0.0205. The maximum absolute atomic E-state index is 15.0. The van der Waals surface area contributed by atoms with Gasteiger partial charge in [0, 0.05) is 32.5 Å². The molecule has 1 aromatic rings. The van der Waals surface area contributed by atoms with Crippen molar-refractivity contribution in [3.05, 3.63) is 41.6 Å². The summed E-state index contributed by atoms with van der Waals surface area (Å²) in [5, 5.41) is 86.2. The molecule has 4 saturated heterocycles. The maximum Gasteiger partial charge on any atom is 0.268 e. The lowest BCUT2D eigenvalue weighted by molar-refractivity contribution is -0.147. The first kappa shape index (κ1) is 75.9. The summed E-state index contributed by atoms with van der Waals surface area (Å²) in [6.07, 6.45) is -7.66. The molecule has 31 nitrogen and oxygen atoms in total. The van der Waals surface area contributed by atoms with E-state index in [-0.39, 0.29) is 58.2 Å². The molecule has 0 spiro atoms. The van der Waals surface area contributed by atoms with Crippen molar-refractivity contribution >= 4 is 70.9 Å². The molecule has 0 saturated carbocycles. The lowest BCUT2D eigenvalue weighted by Crippen LogP contribution is -2.61. The number of rotatable bonds is 18. The standard InChI is InChI=1S/C62H96N12O19/c1-8-32(4)49-58(88)69-42(31-75)55(85)65-38(10-3)54(84)71-50(34(6)76)59(89)67-40(22-19-35-17-20-37(93-7)21-18-35)61(91)73-26-11-14-43(73)56(86)68-41(28-36(77)29-46(78)51(81)33(5)9-2)52(82)60(90)66-39(23-24-47(63)79)53(83)64-30-48(80)72-25-13-16-45(72)62(92)74-27-12-15-44(74)57(87)70-49/h10,17-18,20-21,32-34,36,39-46,49-52,75-78,81-82H,8-9,11-16,19,22-31H2,1-7H3,(H2,63,79)(H,64,83)(H,65,85)(H,66,90)(H,67,89)(H,68,86)(H,69,88)(H,70,87)(H,71,84)/b38-10-/t32-,33?,34-,36?,39-,40+,41?,42+,43+,44+,45+,46?,49-,50+,51?,52?/m1/s1. The number of ether oxygens (including phenoxy) is 1. The van der Waals surface area contributed by atoms with E-state index in [0.717, 1.165) is 17.9 Å². The molecule has 31 heteroatoms. The van der Waals surface area contributed by atoms with Crippen LogP contribution in [-0.4, -0.2) is 241 Å². The SMILES string of the molecule is C/C=C1\NC(=O)[C@H](CO)NC(=O)[C@@H]([C@H](C)CC)NC(=O)[C@@H]2CCCN2C(=O)[C@@H]2CCCN2C(=O)CNC(=O)[C@@H](CCC(N)=O)NC(=O)C(O)C(CC(O)CC(O)C(O)C(C)CC)NC(=O)[C@@H]2CCCN2C(=O)[C@H](CCc2ccc(OC)cc2)NC(=O)[C@H]([C@@H](C)O)NC1=O. The van der Waals surface area contributed by atoms with Crippen LogP contribution in [0.3, 0.4) is 0 Å². The van der Waals surface area contributed by atoms with Crippen LogP contribution in [0.25, 0.3) is 0 Å². The monoisotopic (exact) mass is 1310 g/mol. The van der Waals surface area contributed by atoms with Crippen LogP contribution in [0.1, 0.15) is 131 Å². The lowest BCUT2D eigenvalue weighted by atomic mass is 9.91. The van der Waals surface area contributed by atoms with E-state index in [1.165, 1.54) is 23.8 Å². The smallest absolute Gasteiger partial charge is 0.268 e. The summed E-state index contributed by atoms with van der Waals surface area (Å²) in [6, 6.07) is -6.79. The van der Waals surface area contributed by atoms with Crippen molar-refractivity contribution in [1.82, 2.24) is 57.2 Å². The Balaban J connectivity index is 1.56. The zero-order valence-electron chi connectivity index (χ0n) is 54.0. The van der Waals surface area contributed by atoms with Crippen LogP contribution < -0.4 is 53.0 Å². The number of carbonyl (C=O) groups is 12. The van der Waals surface area contributed by atoms with E-state index in [0.29, 0.717) is 37.0 Å². The molecule has 4 fully saturated rings. The van der Waals surface area contributed by atoms with Gasteiger partial charge in [-0.25, -0.2) is 0 Å². The summed E-state index contributed by atoms with van der Waals surface area (Å²) in [4.78, 5) is 173. The molecule has 16 N–H and O–H groups in total. The van der Waals surface area contributed by atoms with E-state index in [4.69, 9.17) is 10.5 Å². The van der Waals surface area contributed by atoms with Gasteiger partial charge in [0.2, 0.25) is 59.1 Å². The maximum atomic E-state index is 15.0. The Morgan fingerprint density at radius 1 is 0.667 bits per heavy atom. The first-order valence-electron chi connectivity index (χ1n) is 32.0. The number of fused-ring (bicyclic) bond motifs is 3. The van der Waals surface area contributed by atoms with Gasteiger partial charge in [-0.1, -0.05) is 58.7 Å². The third-order valence-electron chi connectivity index (χ3n) is 17.8. The van der Waals surface area contributed by atoms with Gasteiger partial charge in [-0.3, -0.25) is 57.5 Å². The van der Waals surface area contributed by atoms with Crippen LogP contribution in [0.5, 0.6) is 5.75 Å². The number of methoxy groups -OCH3 is 1. The minimum Gasteiger partial charge on any atom is -0.497 e. The first-order chi connectivity index (χ1) is 44.1. The van der Waals surface area contributed by atoms with Crippen molar-refractivity contribution in [2.75, 3.05) is 39.9 Å². The van der Waals surface area contributed by atoms with Crippen molar-refractivity contribution in [2.45, 2.75) is 216 Å². The van der Waals surface area contributed by atoms with Crippen LogP contribution in [0.15, 0.2) is 36.0 Å². The number of primary amides is 1. The normalized spacial score (nSPS) is 28.3. The molecule has 0 aliphatic carbocycles. The molecule has 93 heavy (non-hydrogen) atoms. The van der Waals surface area contributed by atoms with Gasteiger partial charge in [0.05, 0.1) is 50.7 Å². The Hall–Kier alpha value is -7.84. The zero-order chi connectivity index (χ0) is 69.0. The van der Waals surface area contributed by atoms with Crippen LogP contribution >= 0.6 is 0 Å². The molecule has 0 radical (unpaired) electrons. The van der Waals surface area contributed by atoms with Gasteiger partial charge >= 0.3 is 0 Å². The first-order valence-corrected chi connectivity index (χ1v) is 32.0. The van der Waals surface area contributed by atoms with Gasteiger partial charge < -0.3 is 98.3 Å². The Morgan fingerprint density at radius 3 is 1.81 bits per heavy atom. The van der Waals surface area contributed by atoms with Gasteiger partial charge in [0.1, 0.15) is 59.8 Å². The molecule has 1 aromatic carbocycles. The van der Waals surface area contributed by atoms with Crippen molar-refractivity contribution < 1.29 is 92.9 Å². The van der Waals surface area contributed by atoms with Crippen molar-refractivity contribution in [3.63, 3.8) is 0 Å². The number of aliphatic hydroxyl groups is 6. The predicted octanol–water partition coefficient (Wildman–Crippen LogP) is -4.39. The summed E-state index contributed by atoms with van der Waals surface area (Å²) in [5.74, 6) is -12.0. The van der Waals surface area contributed by atoms with Crippen molar-refractivity contribution in [2.24, 2.45) is 17.6 Å². The topological polar surface area (TPSA) is 467 Å². The molecule has 0 bridgehead atoms. The Kier molecular flexibility index (Phi) is 29.4. The van der Waals surface area contributed by atoms with Gasteiger partial charge in [-0.2, -0.15) is 0 Å². The molecular formula is C62H96N12O19. The fourth-order valence-corrected chi connectivity index (χ4v) is 11.8. The Labute approximate surface area is 540 Å². The fourth-order valence-electron chi connectivity index (χ4n) is 11.8. The number of nitrogens with zero attached hydrogens (tertiary/aromatic N) is 3. The number of allylic oxidation sites excluding steroid dienone is 1. The molecule has 16 atom stereocenters. The second kappa shape index (κ2) is 36.0.